The Hall–Kier alpha value is -0.930. The molecule has 0 unspecified atom stereocenters. The number of carbonyl (C=O) groups is 1. The zero-order valence-electron chi connectivity index (χ0n) is 9.09. The van der Waals surface area contributed by atoms with Crippen LogP contribution in [0, 0.1) is 0 Å². The van der Waals surface area contributed by atoms with Crippen molar-refractivity contribution >= 4 is 34.8 Å². The molecule has 0 radical (unpaired) electrons. The average molecular weight is 262 g/mol. The molecule has 0 heterocycles. The van der Waals surface area contributed by atoms with Crippen molar-refractivity contribution < 1.29 is 9.53 Å². The summed E-state index contributed by atoms with van der Waals surface area (Å²) in [6.45, 7) is 3.86. The van der Waals surface area contributed by atoms with Gasteiger partial charge in [-0.3, -0.25) is 4.79 Å². The molecular formula is C11H13Cl2NO2. The summed E-state index contributed by atoms with van der Waals surface area (Å²) in [5.41, 5.74) is 0.531. The maximum atomic E-state index is 11.1. The van der Waals surface area contributed by atoms with E-state index in [1.807, 2.05) is 13.8 Å². The molecule has 0 saturated carbocycles. The van der Waals surface area contributed by atoms with E-state index in [0.29, 0.717) is 16.5 Å². The third-order valence-electron chi connectivity index (χ3n) is 1.71. The molecule has 1 rings (SSSR count). The summed E-state index contributed by atoms with van der Waals surface area (Å²) in [4.78, 5) is 11.1. The number of halogens is 2. The SMILES string of the molecule is CC(C)Oc1ccc(NC(=O)CCl)c(Cl)c1. The predicted molar refractivity (Wildman–Crippen MR) is 66.6 cm³/mol. The van der Waals surface area contributed by atoms with Crippen molar-refractivity contribution in [2.75, 3.05) is 11.2 Å². The van der Waals surface area contributed by atoms with Gasteiger partial charge in [-0.2, -0.15) is 0 Å². The molecule has 3 nitrogen and oxygen atoms in total. The molecule has 1 aromatic rings. The minimum Gasteiger partial charge on any atom is -0.491 e. The minimum atomic E-state index is -0.291. The van der Waals surface area contributed by atoms with Crippen LogP contribution in [0.5, 0.6) is 5.75 Å². The predicted octanol–water partition coefficient (Wildman–Crippen LogP) is 3.30. The maximum absolute atomic E-state index is 11.1. The highest BCUT2D eigenvalue weighted by Crippen LogP contribution is 2.27. The van der Waals surface area contributed by atoms with Gasteiger partial charge >= 0.3 is 0 Å². The second-order valence-electron chi connectivity index (χ2n) is 3.49. The van der Waals surface area contributed by atoms with Gasteiger partial charge in [0.05, 0.1) is 16.8 Å². The molecule has 16 heavy (non-hydrogen) atoms. The van der Waals surface area contributed by atoms with E-state index in [9.17, 15) is 4.79 Å². The van der Waals surface area contributed by atoms with Gasteiger partial charge in [-0.25, -0.2) is 0 Å². The van der Waals surface area contributed by atoms with Gasteiger partial charge in [-0.1, -0.05) is 11.6 Å². The summed E-state index contributed by atoms with van der Waals surface area (Å²) in [6.07, 6.45) is 0.0827. The van der Waals surface area contributed by atoms with E-state index in [-0.39, 0.29) is 17.9 Å². The summed E-state index contributed by atoms with van der Waals surface area (Å²) < 4.78 is 5.46. The van der Waals surface area contributed by atoms with Gasteiger partial charge in [0.15, 0.2) is 0 Å². The average Bonchev–Trinajstić information content (AvgIpc) is 2.21. The number of nitrogens with one attached hydrogen (secondary N) is 1. The summed E-state index contributed by atoms with van der Waals surface area (Å²) in [5, 5.41) is 3.01. The van der Waals surface area contributed by atoms with E-state index in [1.54, 1.807) is 18.2 Å². The summed E-state index contributed by atoms with van der Waals surface area (Å²) in [7, 11) is 0. The van der Waals surface area contributed by atoms with Crippen LogP contribution in [0.15, 0.2) is 18.2 Å². The molecule has 0 atom stereocenters. The van der Waals surface area contributed by atoms with E-state index in [1.165, 1.54) is 0 Å². The molecule has 0 saturated heterocycles. The van der Waals surface area contributed by atoms with E-state index in [2.05, 4.69) is 5.32 Å². The highest BCUT2D eigenvalue weighted by atomic mass is 35.5. The lowest BCUT2D eigenvalue weighted by molar-refractivity contribution is -0.113. The Morgan fingerprint density at radius 3 is 2.69 bits per heavy atom. The summed E-state index contributed by atoms with van der Waals surface area (Å²) in [6, 6.07) is 5.09. The van der Waals surface area contributed by atoms with E-state index < -0.39 is 0 Å². The monoisotopic (exact) mass is 261 g/mol. The largest absolute Gasteiger partial charge is 0.491 e. The summed E-state index contributed by atoms with van der Waals surface area (Å²) >= 11 is 11.4. The first-order valence-electron chi connectivity index (χ1n) is 4.85. The van der Waals surface area contributed by atoms with Gasteiger partial charge in [-0.15, -0.1) is 11.6 Å². The minimum absolute atomic E-state index is 0.0827. The van der Waals surface area contributed by atoms with Crippen molar-refractivity contribution in [3.05, 3.63) is 23.2 Å². The number of benzene rings is 1. The Morgan fingerprint density at radius 1 is 1.50 bits per heavy atom. The van der Waals surface area contributed by atoms with E-state index in [0.717, 1.165) is 0 Å². The quantitative estimate of drug-likeness (QED) is 0.845. The van der Waals surface area contributed by atoms with Gasteiger partial charge in [0, 0.05) is 6.07 Å². The smallest absolute Gasteiger partial charge is 0.239 e. The first-order valence-corrected chi connectivity index (χ1v) is 5.76. The van der Waals surface area contributed by atoms with Crippen LogP contribution in [0.2, 0.25) is 5.02 Å². The molecule has 0 aromatic heterocycles. The van der Waals surface area contributed by atoms with Gasteiger partial charge in [0.2, 0.25) is 5.91 Å². The van der Waals surface area contributed by atoms with Crippen LogP contribution >= 0.6 is 23.2 Å². The highest BCUT2D eigenvalue weighted by Gasteiger charge is 2.06. The zero-order valence-corrected chi connectivity index (χ0v) is 10.6. The van der Waals surface area contributed by atoms with Crippen molar-refractivity contribution in [1.29, 1.82) is 0 Å². The number of anilines is 1. The number of hydrogen-bond donors (Lipinski definition) is 1. The Bertz CT molecular complexity index is 380. The van der Waals surface area contributed by atoms with Crippen molar-refractivity contribution in [2.45, 2.75) is 20.0 Å². The highest BCUT2D eigenvalue weighted by molar-refractivity contribution is 6.34. The van der Waals surface area contributed by atoms with Gasteiger partial charge in [-0.05, 0) is 26.0 Å². The van der Waals surface area contributed by atoms with E-state index >= 15 is 0 Å². The fourth-order valence-electron chi connectivity index (χ4n) is 1.13. The van der Waals surface area contributed by atoms with Crippen LogP contribution < -0.4 is 10.1 Å². The normalized spacial score (nSPS) is 10.3. The standard InChI is InChI=1S/C11H13Cl2NO2/c1-7(2)16-8-3-4-10(9(13)5-8)14-11(15)6-12/h3-5,7H,6H2,1-2H3,(H,14,15). The van der Waals surface area contributed by atoms with Crippen molar-refractivity contribution in [3.63, 3.8) is 0 Å². The molecule has 88 valence electrons. The molecule has 0 fully saturated rings. The molecule has 0 aliphatic heterocycles. The molecule has 0 aliphatic carbocycles. The Morgan fingerprint density at radius 2 is 2.19 bits per heavy atom. The lowest BCUT2D eigenvalue weighted by Gasteiger charge is -2.11. The molecule has 1 N–H and O–H groups in total. The number of hydrogen-bond acceptors (Lipinski definition) is 2. The molecule has 0 bridgehead atoms. The topological polar surface area (TPSA) is 38.3 Å². The second kappa shape index (κ2) is 5.97. The lowest BCUT2D eigenvalue weighted by Crippen LogP contribution is -2.13. The third kappa shape index (κ3) is 3.91. The zero-order chi connectivity index (χ0) is 12.1. The Labute approximate surface area is 105 Å². The van der Waals surface area contributed by atoms with E-state index in [4.69, 9.17) is 27.9 Å². The maximum Gasteiger partial charge on any atom is 0.239 e. The van der Waals surface area contributed by atoms with Crippen molar-refractivity contribution in [1.82, 2.24) is 0 Å². The molecule has 0 aliphatic rings. The van der Waals surface area contributed by atoms with Crippen LogP contribution in [0.1, 0.15) is 13.8 Å². The lowest BCUT2D eigenvalue weighted by atomic mass is 10.3. The molecule has 1 aromatic carbocycles. The molecular weight excluding hydrogens is 249 g/mol. The molecule has 1 amide bonds. The van der Waals surface area contributed by atoms with Crippen LogP contribution in [0.3, 0.4) is 0 Å². The number of ether oxygens (including phenoxy) is 1. The summed E-state index contributed by atoms with van der Waals surface area (Å²) in [5.74, 6) is 0.283. The molecule has 0 spiro atoms. The fraction of sp³-hybridized carbons (Fsp3) is 0.364. The Kier molecular flexibility index (Phi) is 4.90. The first-order chi connectivity index (χ1) is 7.52. The second-order valence-corrected chi connectivity index (χ2v) is 4.16. The van der Waals surface area contributed by atoms with Crippen LogP contribution in [0.25, 0.3) is 0 Å². The fourth-order valence-corrected chi connectivity index (χ4v) is 1.41. The number of rotatable bonds is 4. The van der Waals surface area contributed by atoms with Crippen molar-refractivity contribution in [3.8, 4) is 5.75 Å². The van der Waals surface area contributed by atoms with Crippen LogP contribution in [-0.2, 0) is 4.79 Å². The number of alkyl halides is 1. The van der Waals surface area contributed by atoms with Gasteiger partial charge < -0.3 is 10.1 Å². The van der Waals surface area contributed by atoms with Gasteiger partial charge in [0.1, 0.15) is 11.6 Å². The van der Waals surface area contributed by atoms with Crippen molar-refractivity contribution in [2.24, 2.45) is 0 Å². The number of carbonyl (C=O) groups excluding carboxylic acids is 1. The van der Waals surface area contributed by atoms with Crippen LogP contribution in [0.4, 0.5) is 5.69 Å². The Balaban J connectivity index is 2.79. The first kappa shape index (κ1) is 13.1. The van der Waals surface area contributed by atoms with Gasteiger partial charge in [0.25, 0.3) is 0 Å². The number of amides is 1. The molecule has 5 heteroatoms. The third-order valence-corrected chi connectivity index (χ3v) is 2.26. The van der Waals surface area contributed by atoms with Crippen LogP contribution in [-0.4, -0.2) is 17.9 Å².